The van der Waals surface area contributed by atoms with E-state index in [9.17, 15) is 0 Å². The van der Waals surface area contributed by atoms with Crippen molar-refractivity contribution in [1.29, 1.82) is 0 Å². The van der Waals surface area contributed by atoms with E-state index in [4.69, 9.17) is 0 Å². The van der Waals surface area contributed by atoms with Crippen molar-refractivity contribution >= 4 is 0 Å². The fourth-order valence-electron chi connectivity index (χ4n) is 0.688. The van der Waals surface area contributed by atoms with Gasteiger partial charge in [-0.25, -0.2) is 5.01 Å². The molecule has 1 radical (unpaired) electrons. The van der Waals surface area contributed by atoms with E-state index in [1.54, 1.807) is 0 Å². The molecule has 0 fully saturated rings. The lowest BCUT2D eigenvalue weighted by Crippen LogP contribution is -2.32. The van der Waals surface area contributed by atoms with Crippen molar-refractivity contribution in [3.05, 3.63) is 12.3 Å². The minimum Gasteiger partial charge on any atom is -0.315 e. The minimum absolute atomic E-state index is 0.444. The first-order valence-electron chi connectivity index (χ1n) is 2.77. The van der Waals surface area contributed by atoms with E-state index < -0.39 is 0 Å². The van der Waals surface area contributed by atoms with Crippen LogP contribution in [0.2, 0.25) is 0 Å². The van der Waals surface area contributed by atoms with Gasteiger partial charge in [0.2, 0.25) is 0 Å². The molecule has 0 saturated heterocycles. The first-order chi connectivity index (χ1) is 3.72. The van der Waals surface area contributed by atoms with Crippen LogP contribution in [-0.2, 0) is 0 Å². The monoisotopic (exact) mass is 111 g/mol. The Morgan fingerprint density at radius 3 is 2.25 bits per heavy atom. The van der Waals surface area contributed by atoms with E-state index in [1.807, 2.05) is 25.3 Å². The van der Waals surface area contributed by atoms with Gasteiger partial charge < -0.3 is 5.01 Å². The third kappa shape index (κ3) is 0.713. The van der Waals surface area contributed by atoms with Gasteiger partial charge >= 0.3 is 0 Å². The average molecular weight is 111 g/mol. The van der Waals surface area contributed by atoms with Crippen LogP contribution in [0.1, 0.15) is 6.92 Å². The summed E-state index contributed by atoms with van der Waals surface area (Å²) < 4.78 is 0. The van der Waals surface area contributed by atoms with Gasteiger partial charge in [0.1, 0.15) is 0 Å². The summed E-state index contributed by atoms with van der Waals surface area (Å²) in [5.74, 6) is 0. The van der Waals surface area contributed by atoms with Crippen LogP contribution < -0.4 is 0 Å². The molecule has 45 valence electrons. The Balaban J connectivity index is 2.55. The zero-order valence-corrected chi connectivity index (χ0v) is 5.55. The van der Waals surface area contributed by atoms with Gasteiger partial charge in [0.25, 0.3) is 0 Å². The van der Waals surface area contributed by atoms with Crippen LogP contribution in [0.15, 0.2) is 6.20 Å². The van der Waals surface area contributed by atoms with Gasteiger partial charge in [0, 0.05) is 20.3 Å². The maximum atomic E-state index is 3.15. The summed E-state index contributed by atoms with van der Waals surface area (Å²) >= 11 is 0. The minimum atomic E-state index is 0.444. The van der Waals surface area contributed by atoms with Crippen LogP contribution in [0.4, 0.5) is 0 Å². The maximum absolute atomic E-state index is 3.15. The Morgan fingerprint density at radius 1 is 1.50 bits per heavy atom. The highest BCUT2D eigenvalue weighted by Gasteiger charge is 2.13. The molecule has 0 aromatic carbocycles. The molecule has 1 unspecified atom stereocenters. The van der Waals surface area contributed by atoms with Crippen molar-refractivity contribution < 1.29 is 0 Å². The van der Waals surface area contributed by atoms with Crippen LogP contribution in [0, 0.1) is 6.08 Å². The van der Waals surface area contributed by atoms with Gasteiger partial charge in [-0.3, -0.25) is 0 Å². The number of hydrazine groups is 1. The first-order valence-corrected chi connectivity index (χ1v) is 2.77. The number of nitrogens with zero attached hydrogens (tertiary/aromatic N) is 2. The largest absolute Gasteiger partial charge is 0.315 e. The van der Waals surface area contributed by atoms with Crippen molar-refractivity contribution in [2.45, 2.75) is 13.0 Å². The second kappa shape index (κ2) is 1.78. The molecule has 0 bridgehead atoms. The van der Waals surface area contributed by atoms with Gasteiger partial charge in [-0.15, -0.1) is 0 Å². The molecule has 0 N–H and O–H groups in total. The summed E-state index contributed by atoms with van der Waals surface area (Å²) in [6, 6.07) is 0.444. The topological polar surface area (TPSA) is 6.48 Å². The highest BCUT2D eigenvalue weighted by Crippen LogP contribution is 2.07. The number of rotatable bonds is 0. The molecular formula is C6H11N2. The highest BCUT2D eigenvalue weighted by atomic mass is 15.6. The lowest BCUT2D eigenvalue weighted by Gasteiger charge is -2.23. The maximum Gasteiger partial charge on any atom is 0.0529 e. The smallest absolute Gasteiger partial charge is 0.0529 e. The van der Waals surface area contributed by atoms with E-state index >= 15 is 0 Å². The first kappa shape index (κ1) is 5.63. The van der Waals surface area contributed by atoms with Gasteiger partial charge in [0.15, 0.2) is 0 Å². The fraction of sp³-hybridized carbons (Fsp3) is 0.667. The summed E-state index contributed by atoms with van der Waals surface area (Å²) in [7, 11) is 4.05. The third-order valence-electron chi connectivity index (χ3n) is 1.56. The molecule has 1 aliphatic heterocycles. The molecule has 0 spiro atoms. The molecule has 1 atom stereocenters. The standard InChI is InChI=1S/C6H11N2/c1-6-4-5-7(2)8(6)3/h5-6H,1-3H3. The predicted molar refractivity (Wildman–Crippen MR) is 32.8 cm³/mol. The van der Waals surface area contributed by atoms with Crippen molar-refractivity contribution in [2.75, 3.05) is 14.1 Å². The zero-order chi connectivity index (χ0) is 6.15. The van der Waals surface area contributed by atoms with Crippen LogP contribution >= 0.6 is 0 Å². The van der Waals surface area contributed by atoms with E-state index in [2.05, 4.69) is 18.0 Å². The molecule has 1 heterocycles. The van der Waals surface area contributed by atoms with Gasteiger partial charge in [-0.2, -0.15) is 0 Å². The summed E-state index contributed by atoms with van der Waals surface area (Å²) in [5.41, 5.74) is 0. The van der Waals surface area contributed by atoms with Gasteiger partial charge in [0.05, 0.1) is 6.04 Å². The molecule has 0 amide bonds. The van der Waals surface area contributed by atoms with Crippen LogP contribution in [-0.4, -0.2) is 30.2 Å². The molecule has 8 heavy (non-hydrogen) atoms. The third-order valence-corrected chi connectivity index (χ3v) is 1.56. The predicted octanol–water partition coefficient (Wildman–Crippen LogP) is 0.484. The number of hydrogen-bond donors (Lipinski definition) is 0. The molecule has 0 aromatic heterocycles. The molecule has 1 rings (SSSR count). The van der Waals surface area contributed by atoms with Crippen molar-refractivity contribution in [3.63, 3.8) is 0 Å². The summed E-state index contributed by atoms with van der Waals surface area (Å²) in [4.78, 5) is 0. The fourth-order valence-corrected chi connectivity index (χ4v) is 0.688. The summed E-state index contributed by atoms with van der Waals surface area (Å²) in [6.07, 6.45) is 5.09. The molecule has 0 aliphatic carbocycles. The normalized spacial score (nSPS) is 29.9. The molecule has 2 nitrogen and oxygen atoms in total. The molecule has 0 aromatic rings. The number of hydrogen-bond acceptors (Lipinski definition) is 2. The van der Waals surface area contributed by atoms with E-state index in [-0.39, 0.29) is 0 Å². The van der Waals surface area contributed by atoms with Crippen molar-refractivity contribution in [3.8, 4) is 0 Å². The Morgan fingerprint density at radius 2 is 2.12 bits per heavy atom. The number of likely N-dealkylation sites (N-methyl/N-ethyl adjacent to an activating group) is 1. The Bertz CT molecular complexity index is 97.1. The van der Waals surface area contributed by atoms with E-state index in [1.165, 1.54) is 0 Å². The zero-order valence-electron chi connectivity index (χ0n) is 5.55. The SMILES string of the molecule is CC1[C]=CN(C)N1C. The molecular weight excluding hydrogens is 100 g/mol. The van der Waals surface area contributed by atoms with Gasteiger partial charge in [-0.1, -0.05) is 0 Å². The van der Waals surface area contributed by atoms with E-state index in [0.29, 0.717) is 6.04 Å². The lowest BCUT2D eigenvalue weighted by molar-refractivity contribution is 0.0799. The van der Waals surface area contributed by atoms with Gasteiger partial charge in [-0.05, 0) is 13.0 Å². The van der Waals surface area contributed by atoms with Crippen molar-refractivity contribution in [1.82, 2.24) is 10.0 Å². The second-order valence-electron chi connectivity index (χ2n) is 2.12. The summed E-state index contributed by atoms with van der Waals surface area (Å²) in [5, 5.41) is 4.13. The van der Waals surface area contributed by atoms with E-state index in [0.717, 1.165) is 0 Å². The quantitative estimate of drug-likeness (QED) is 0.448. The van der Waals surface area contributed by atoms with Crippen LogP contribution in [0.3, 0.4) is 0 Å². The Kier molecular flexibility index (Phi) is 1.26. The highest BCUT2D eigenvalue weighted by molar-refractivity contribution is 4.87. The molecule has 1 aliphatic rings. The Hall–Kier alpha value is -0.500. The molecule has 0 saturated carbocycles. The average Bonchev–Trinajstić information content (AvgIpc) is 1.98. The second-order valence-corrected chi connectivity index (χ2v) is 2.12. The van der Waals surface area contributed by atoms with Crippen LogP contribution in [0.25, 0.3) is 0 Å². The van der Waals surface area contributed by atoms with Crippen LogP contribution in [0.5, 0.6) is 0 Å². The summed E-state index contributed by atoms with van der Waals surface area (Å²) in [6.45, 7) is 2.11. The van der Waals surface area contributed by atoms with Crippen molar-refractivity contribution in [2.24, 2.45) is 0 Å². The molecule has 2 heteroatoms. The Labute approximate surface area is 50.4 Å². The lowest BCUT2D eigenvalue weighted by atomic mass is 10.3.